The smallest absolute Gasteiger partial charge is 0.225 e. The van der Waals surface area contributed by atoms with Gasteiger partial charge in [0.1, 0.15) is 0 Å². The SMILES string of the molecule is CC(C)C(=O)N1CCN(C(=O)CCNC2CC2)CC1. The highest BCUT2D eigenvalue weighted by molar-refractivity contribution is 5.79. The number of hydrogen-bond donors (Lipinski definition) is 1. The second kappa shape index (κ2) is 6.37. The molecule has 2 rings (SSSR count). The quantitative estimate of drug-likeness (QED) is 0.787. The minimum Gasteiger partial charge on any atom is -0.339 e. The summed E-state index contributed by atoms with van der Waals surface area (Å²) in [7, 11) is 0. The second-order valence-corrected chi connectivity index (χ2v) is 5.84. The van der Waals surface area contributed by atoms with E-state index >= 15 is 0 Å². The normalized spacial score (nSPS) is 19.9. The molecule has 5 heteroatoms. The van der Waals surface area contributed by atoms with Crippen LogP contribution in [0.3, 0.4) is 0 Å². The number of rotatable bonds is 5. The Morgan fingerprint density at radius 2 is 1.68 bits per heavy atom. The number of nitrogens with one attached hydrogen (secondary N) is 1. The van der Waals surface area contributed by atoms with Gasteiger partial charge in [0.15, 0.2) is 0 Å². The Balaban J connectivity index is 1.66. The van der Waals surface area contributed by atoms with Crippen LogP contribution in [0.15, 0.2) is 0 Å². The van der Waals surface area contributed by atoms with Crippen LogP contribution < -0.4 is 5.32 Å². The third-order valence-electron chi connectivity index (χ3n) is 3.79. The highest BCUT2D eigenvalue weighted by Crippen LogP contribution is 2.18. The summed E-state index contributed by atoms with van der Waals surface area (Å²) in [6, 6.07) is 0.660. The first-order valence-electron chi connectivity index (χ1n) is 7.38. The molecule has 0 unspecified atom stereocenters. The molecule has 1 saturated heterocycles. The maximum Gasteiger partial charge on any atom is 0.225 e. The number of amides is 2. The van der Waals surface area contributed by atoms with Crippen molar-refractivity contribution in [3.05, 3.63) is 0 Å². The van der Waals surface area contributed by atoms with Crippen molar-refractivity contribution >= 4 is 11.8 Å². The van der Waals surface area contributed by atoms with E-state index in [4.69, 9.17) is 0 Å². The average molecular weight is 267 g/mol. The minimum atomic E-state index is 0.0463. The van der Waals surface area contributed by atoms with Gasteiger partial charge in [0.25, 0.3) is 0 Å². The summed E-state index contributed by atoms with van der Waals surface area (Å²) in [6.07, 6.45) is 3.09. The molecule has 2 amide bonds. The number of piperazine rings is 1. The van der Waals surface area contributed by atoms with E-state index in [2.05, 4.69) is 5.32 Å². The largest absolute Gasteiger partial charge is 0.339 e. The highest BCUT2D eigenvalue weighted by Gasteiger charge is 2.25. The van der Waals surface area contributed by atoms with Gasteiger partial charge in [-0.05, 0) is 12.8 Å². The van der Waals surface area contributed by atoms with E-state index in [1.165, 1.54) is 12.8 Å². The lowest BCUT2D eigenvalue weighted by atomic mass is 10.1. The van der Waals surface area contributed by atoms with E-state index in [9.17, 15) is 9.59 Å². The Morgan fingerprint density at radius 1 is 1.11 bits per heavy atom. The van der Waals surface area contributed by atoms with Gasteiger partial charge in [-0.15, -0.1) is 0 Å². The zero-order valence-electron chi connectivity index (χ0n) is 12.0. The van der Waals surface area contributed by atoms with Crippen LogP contribution in [-0.2, 0) is 9.59 Å². The lowest BCUT2D eigenvalue weighted by Gasteiger charge is -2.35. The van der Waals surface area contributed by atoms with Crippen LogP contribution in [0, 0.1) is 5.92 Å². The van der Waals surface area contributed by atoms with E-state index in [0.29, 0.717) is 38.6 Å². The molecule has 0 aromatic carbocycles. The standard InChI is InChI=1S/C14H25N3O2/c1-11(2)14(19)17-9-7-16(8-10-17)13(18)5-6-15-12-3-4-12/h11-12,15H,3-10H2,1-2H3. The average Bonchev–Trinajstić information content (AvgIpc) is 3.22. The molecule has 5 nitrogen and oxygen atoms in total. The van der Waals surface area contributed by atoms with Crippen LogP contribution in [0.2, 0.25) is 0 Å². The molecule has 0 radical (unpaired) electrons. The summed E-state index contributed by atoms with van der Waals surface area (Å²) < 4.78 is 0. The van der Waals surface area contributed by atoms with Crippen molar-refractivity contribution in [1.82, 2.24) is 15.1 Å². The van der Waals surface area contributed by atoms with Crippen molar-refractivity contribution in [3.63, 3.8) is 0 Å². The zero-order valence-corrected chi connectivity index (χ0v) is 12.0. The van der Waals surface area contributed by atoms with Gasteiger partial charge >= 0.3 is 0 Å². The van der Waals surface area contributed by atoms with Gasteiger partial charge in [-0.1, -0.05) is 13.8 Å². The Morgan fingerprint density at radius 3 is 2.21 bits per heavy atom. The summed E-state index contributed by atoms with van der Waals surface area (Å²) in [5.74, 6) is 0.456. The van der Waals surface area contributed by atoms with E-state index in [-0.39, 0.29) is 17.7 Å². The van der Waals surface area contributed by atoms with E-state index in [1.54, 1.807) is 0 Å². The fourth-order valence-corrected chi connectivity index (χ4v) is 2.37. The van der Waals surface area contributed by atoms with Crippen molar-refractivity contribution in [3.8, 4) is 0 Å². The van der Waals surface area contributed by atoms with E-state index in [0.717, 1.165) is 6.54 Å². The highest BCUT2D eigenvalue weighted by atomic mass is 16.2. The molecule has 2 fully saturated rings. The van der Waals surface area contributed by atoms with Crippen molar-refractivity contribution in [2.45, 2.75) is 39.2 Å². The topological polar surface area (TPSA) is 52.7 Å². The molecule has 2 aliphatic rings. The van der Waals surface area contributed by atoms with Crippen LogP contribution in [0.1, 0.15) is 33.1 Å². The predicted molar refractivity (Wildman–Crippen MR) is 73.6 cm³/mol. The summed E-state index contributed by atoms with van der Waals surface area (Å²) in [5, 5.41) is 3.36. The van der Waals surface area contributed by atoms with Crippen LogP contribution in [-0.4, -0.2) is 60.4 Å². The Hall–Kier alpha value is -1.10. The molecule has 108 valence electrons. The van der Waals surface area contributed by atoms with Gasteiger partial charge in [-0.2, -0.15) is 0 Å². The first-order chi connectivity index (χ1) is 9.08. The van der Waals surface area contributed by atoms with Gasteiger partial charge in [0, 0.05) is 51.1 Å². The molecule has 1 aliphatic carbocycles. The summed E-state index contributed by atoms with van der Waals surface area (Å²) in [4.78, 5) is 27.6. The summed E-state index contributed by atoms with van der Waals surface area (Å²) in [6.45, 7) is 7.35. The monoisotopic (exact) mass is 267 g/mol. The zero-order chi connectivity index (χ0) is 13.8. The van der Waals surface area contributed by atoms with Gasteiger partial charge in [0.05, 0.1) is 0 Å². The fraction of sp³-hybridized carbons (Fsp3) is 0.857. The van der Waals surface area contributed by atoms with Crippen LogP contribution in [0.25, 0.3) is 0 Å². The summed E-state index contributed by atoms with van der Waals surface area (Å²) in [5.41, 5.74) is 0. The number of hydrogen-bond acceptors (Lipinski definition) is 3. The number of carbonyl (C=O) groups is 2. The summed E-state index contributed by atoms with van der Waals surface area (Å²) >= 11 is 0. The lowest BCUT2D eigenvalue weighted by molar-refractivity contribution is -0.141. The maximum atomic E-state index is 12.0. The van der Waals surface area contributed by atoms with Crippen molar-refractivity contribution in [1.29, 1.82) is 0 Å². The number of nitrogens with zero attached hydrogens (tertiary/aromatic N) is 2. The third kappa shape index (κ3) is 4.20. The van der Waals surface area contributed by atoms with Gasteiger partial charge < -0.3 is 15.1 Å². The Bertz CT molecular complexity index is 332. The fourth-order valence-electron chi connectivity index (χ4n) is 2.37. The third-order valence-corrected chi connectivity index (χ3v) is 3.79. The van der Waals surface area contributed by atoms with Gasteiger partial charge in [-0.25, -0.2) is 0 Å². The van der Waals surface area contributed by atoms with E-state index < -0.39 is 0 Å². The van der Waals surface area contributed by atoms with Gasteiger partial charge in [-0.3, -0.25) is 9.59 Å². The molecule has 1 saturated carbocycles. The molecule has 0 atom stereocenters. The van der Waals surface area contributed by atoms with Crippen LogP contribution in [0.5, 0.6) is 0 Å². The predicted octanol–water partition coefficient (Wildman–Crippen LogP) is 0.455. The molecule has 0 bridgehead atoms. The molecule has 1 aliphatic heterocycles. The lowest BCUT2D eigenvalue weighted by Crippen LogP contribution is -2.51. The Labute approximate surface area is 115 Å². The molecule has 0 spiro atoms. The van der Waals surface area contributed by atoms with Crippen molar-refractivity contribution in [2.75, 3.05) is 32.7 Å². The number of carbonyl (C=O) groups excluding carboxylic acids is 2. The molecule has 19 heavy (non-hydrogen) atoms. The molecular formula is C14H25N3O2. The molecular weight excluding hydrogens is 242 g/mol. The second-order valence-electron chi connectivity index (χ2n) is 5.84. The molecule has 1 heterocycles. The van der Waals surface area contributed by atoms with Gasteiger partial charge in [0.2, 0.25) is 11.8 Å². The molecule has 0 aromatic rings. The van der Waals surface area contributed by atoms with Crippen LogP contribution in [0.4, 0.5) is 0 Å². The van der Waals surface area contributed by atoms with Crippen LogP contribution >= 0.6 is 0 Å². The first kappa shape index (κ1) is 14.3. The Kier molecular flexibility index (Phi) is 4.80. The van der Waals surface area contributed by atoms with E-state index in [1.807, 2.05) is 23.6 Å². The minimum absolute atomic E-state index is 0.0463. The van der Waals surface area contributed by atoms with Crippen molar-refractivity contribution < 1.29 is 9.59 Å². The molecule has 1 N–H and O–H groups in total. The first-order valence-corrected chi connectivity index (χ1v) is 7.38. The molecule has 0 aromatic heterocycles. The van der Waals surface area contributed by atoms with Crippen molar-refractivity contribution in [2.24, 2.45) is 5.92 Å². The maximum absolute atomic E-state index is 12.0.